The molecule has 0 heterocycles. The lowest BCUT2D eigenvalue weighted by Crippen LogP contribution is -2.37. The summed E-state index contributed by atoms with van der Waals surface area (Å²) in [6.45, 7) is 4.35. The third-order valence-corrected chi connectivity index (χ3v) is 17.2. The van der Waals surface area contributed by atoms with Crippen LogP contribution in [0.25, 0.3) is 0 Å². The predicted octanol–water partition coefficient (Wildman–Crippen LogP) is 24.1. The van der Waals surface area contributed by atoms with Gasteiger partial charge in [-0.25, -0.2) is 4.57 Å². The number of hydrogen-bond acceptors (Lipinski definition) is 7. The molecular weight excluding hydrogens is 1100 g/mol. The first-order chi connectivity index (χ1) is 42.5. The van der Waals surface area contributed by atoms with Crippen LogP contribution in [0.15, 0.2) is 85.1 Å². The van der Waals surface area contributed by atoms with Crippen LogP contribution in [-0.2, 0) is 32.7 Å². The Kier molecular flexibility index (Phi) is 65.4. The summed E-state index contributed by atoms with van der Waals surface area (Å²) in [5, 5.41) is 0. The zero-order valence-corrected chi connectivity index (χ0v) is 58.6. The summed E-state index contributed by atoms with van der Waals surface area (Å²) in [7, 11) is 1.47. The monoisotopic (exact) mass is 1240 g/mol. The fraction of sp³-hybridized carbons (Fsp3) is 0.792. The largest absolute Gasteiger partial charge is 0.472 e. The molecule has 0 aliphatic carbocycles. The average Bonchev–Trinajstić information content (AvgIpc) is 3.56. The Morgan fingerprint density at radius 1 is 0.368 bits per heavy atom. The van der Waals surface area contributed by atoms with Crippen molar-refractivity contribution in [3.8, 4) is 0 Å². The second-order valence-corrected chi connectivity index (χ2v) is 27.4. The van der Waals surface area contributed by atoms with Crippen LogP contribution in [0, 0.1) is 0 Å². The van der Waals surface area contributed by atoms with Crippen LogP contribution in [0.3, 0.4) is 0 Å². The first-order valence-electron chi connectivity index (χ1n) is 36.8. The van der Waals surface area contributed by atoms with E-state index in [4.69, 9.17) is 18.5 Å². The first-order valence-corrected chi connectivity index (χ1v) is 38.3. The van der Waals surface area contributed by atoms with E-state index in [0.717, 1.165) is 89.9 Å². The standard InChI is InChI=1S/C77H140NO8P/c1-6-8-10-12-14-16-18-20-22-24-26-28-30-32-34-36-37-38-39-40-42-43-45-47-49-51-53-55-57-59-61-63-65-67-69-76(79)83-73-75(74-85-87(81,82)84-72-71-78(3,4)5)86-77(80)70-68-66-64-62-60-58-56-54-52-50-48-46-44-41-35-33-31-29-27-25-23-21-19-17-15-13-11-9-7-2/h9,11,15,17,21,23,27,29,33,35,44,46,50,52,75H,6-8,10,12-14,16,18-20,22,24-26,28,30-32,34,36-43,45,47-49,51,53-74H2,1-5H3/p+1/b11-9-,17-15-,23-21-,29-27-,35-33-,46-44-,52-50-. The van der Waals surface area contributed by atoms with Crippen LogP contribution in [-0.4, -0.2) is 74.9 Å². The van der Waals surface area contributed by atoms with Crippen molar-refractivity contribution >= 4 is 19.8 Å². The fourth-order valence-corrected chi connectivity index (χ4v) is 11.3. The van der Waals surface area contributed by atoms with E-state index < -0.39 is 26.5 Å². The summed E-state index contributed by atoms with van der Waals surface area (Å²) in [5.41, 5.74) is 0. The van der Waals surface area contributed by atoms with Gasteiger partial charge in [-0.15, -0.1) is 0 Å². The highest BCUT2D eigenvalue weighted by atomic mass is 31.2. The number of quaternary nitrogens is 1. The number of nitrogens with zero attached hydrogens (tertiary/aromatic N) is 1. The maximum atomic E-state index is 12.9. The molecule has 506 valence electrons. The van der Waals surface area contributed by atoms with Crippen LogP contribution in [0.5, 0.6) is 0 Å². The van der Waals surface area contributed by atoms with Crippen LogP contribution >= 0.6 is 7.82 Å². The second-order valence-electron chi connectivity index (χ2n) is 26.0. The van der Waals surface area contributed by atoms with Crippen LogP contribution in [0.2, 0.25) is 0 Å². The van der Waals surface area contributed by atoms with E-state index in [9.17, 15) is 19.0 Å². The van der Waals surface area contributed by atoms with Gasteiger partial charge in [0.05, 0.1) is 27.7 Å². The number of phosphoric ester groups is 1. The Bertz CT molecular complexity index is 1740. The zero-order chi connectivity index (χ0) is 63.4. The number of rotatable bonds is 68. The Morgan fingerprint density at radius 2 is 0.655 bits per heavy atom. The van der Waals surface area contributed by atoms with Gasteiger partial charge >= 0.3 is 19.8 Å². The van der Waals surface area contributed by atoms with Gasteiger partial charge in [-0.05, 0) is 70.6 Å². The number of ether oxygens (including phenoxy) is 2. The van der Waals surface area contributed by atoms with Crippen molar-refractivity contribution in [2.24, 2.45) is 0 Å². The molecule has 0 aromatic rings. The van der Waals surface area contributed by atoms with Crippen molar-refractivity contribution in [1.82, 2.24) is 0 Å². The Labute approximate surface area is 539 Å². The number of likely N-dealkylation sites (N-methyl/N-ethyl adjacent to an activating group) is 1. The Balaban J connectivity index is 4.02. The van der Waals surface area contributed by atoms with Crippen molar-refractivity contribution in [2.45, 2.75) is 347 Å². The molecule has 0 saturated heterocycles. The molecule has 0 radical (unpaired) electrons. The average molecular weight is 1240 g/mol. The van der Waals surface area contributed by atoms with Gasteiger partial charge in [0.2, 0.25) is 0 Å². The molecule has 0 aromatic carbocycles. The molecule has 2 unspecified atom stereocenters. The number of allylic oxidation sites excluding steroid dienone is 14. The van der Waals surface area contributed by atoms with Crippen LogP contribution in [0.1, 0.15) is 341 Å². The SMILES string of the molecule is CC/C=C\C/C=C\C/C=C\C/C=C\C/C=C\C/C=C\C/C=C\CCCCCCCCCC(=O)OC(COC(=O)CCCCCCCCCCCCCCCCCCCCCCCCCCCCCCCCCCCC)COP(=O)(O)OCC[N+](C)(C)C. The minimum Gasteiger partial charge on any atom is -0.462 e. The number of carbonyl (C=O) groups is 2. The first kappa shape index (κ1) is 84.2. The van der Waals surface area contributed by atoms with Gasteiger partial charge in [0.1, 0.15) is 19.8 Å². The van der Waals surface area contributed by atoms with Crippen molar-refractivity contribution in [3.63, 3.8) is 0 Å². The van der Waals surface area contributed by atoms with Gasteiger partial charge in [-0.1, -0.05) is 343 Å². The molecule has 0 spiro atoms. The summed E-state index contributed by atoms with van der Waals surface area (Å²) in [6, 6.07) is 0. The molecule has 0 saturated carbocycles. The summed E-state index contributed by atoms with van der Waals surface area (Å²) < 4.78 is 34.7. The van der Waals surface area contributed by atoms with Gasteiger partial charge in [0.25, 0.3) is 0 Å². The molecule has 0 bridgehead atoms. The van der Waals surface area contributed by atoms with E-state index in [1.54, 1.807) is 0 Å². The van der Waals surface area contributed by atoms with Crippen molar-refractivity contribution < 1.29 is 42.1 Å². The molecule has 0 aliphatic heterocycles. The lowest BCUT2D eigenvalue weighted by Gasteiger charge is -2.24. The number of hydrogen-bond donors (Lipinski definition) is 1. The van der Waals surface area contributed by atoms with Crippen molar-refractivity contribution in [3.05, 3.63) is 85.1 Å². The van der Waals surface area contributed by atoms with Crippen LogP contribution in [0.4, 0.5) is 0 Å². The third kappa shape index (κ3) is 72.1. The topological polar surface area (TPSA) is 108 Å². The zero-order valence-electron chi connectivity index (χ0n) is 57.8. The molecule has 2 atom stereocenters. The van der Waals surface area contributed by atoms with Crippen molar-refractivity contribution in [2.75, 3.05) is 47.5 Å². The fourth-order valence-electron chi connectivity index (χ4n) is 10.6. The number of carbonyl (C=O) groups excluding carboxylic acids is 2. The van der Waals surface area contributed by atoms with E-state index in [-0.39, 0.29) is 32.0 Å². The smallest absolute Gasteiger partial charge is 0.462 e. The van der Waals surface area contributed by atoms with E-state index in [1.807, 2.05) is 21.1 Å². The number of phosphoric acid groups is 1. The molecular formula is C77H141NO8P+. The molecule has 0 aliphatic rings. The normalized spacial score (nSPS) is 13.6. The Hall–Kier alpha value is -2.81. The number of unbranched alkanes of at least 4 members (excludes halogenated alkanes) is 40. The quantitative estimate of drug-likeness (QED) is 0.0211. The van der Waals surface area contributed by atoms with E-state index in [2.05, 4.69) is 98.9 Å². The van der Waals surface area contributed by atoms with Gasteiger partial charge in [0, 0.05) is 12.8 Å². The summed E-state index contributed by atoms with van der Waals surface area (Å²) in [5.74, 6) is -0.800. The maximum absolute atomic E-state index is 12.9. The minimum atomic E-state index is -4.40. The highest BCUT2D eigenvalue weighted by Crippen LogP contribution is 2.43. The van der Waals surface area contributed by atoms with Crippen LogP contribution < -0.4 is 0 Å². The van der Waals surface area contributed by atoms with E-state index in [0.29, 0.717) is 17.4 Å². The summed E-state index contributed by atoms with van der Waals surface area (Å²) in [6.07, 6.45) is 92.8. The van der Waals surface area contributed by atoms with Gasteiger partial charge in [-0.3, -0.25) is 18.6 Å². The molecule has 1 N–H and O–H groups in total. The molecule has 87 heavy (non-hydrogen) atoms. The highest BCUT2D eigenvalue weighted by Gasteiger charge is 2.27. The Morgan fingerprint density at radius 3 is 0.977 bits per heavy atom. The second kappa shape index (κ2) is 67.6. The van der Waals surface area contributed by atoms with E-state index >= 15 is 0 Å². The van der Waals surface area contributed by atoms with Gasteiger partial charge in [0.15, 0.2) is 6.10 Å². The molecule has 9 nitrogen and oxygen atoms in total. The molecule has 0 rings (SSSR count). The summed E-state index contributed by atoms with van der Waals surface area (Å²) >= 11 is 0. The van der Waals surface area contributed by atoms with Gasteiger partial charge in [-0.2, -0.15) is 0 Å². The lowest BCUT2D eigenvalue weighted by molar-refractivity contribution is -0.870. The highest BCUT2D eigenvalue weighted by molar-refractivity contribution is 7.47. The number of esters is 2. The predicted molar refractivity (Wildman–Crippen MR) is 376 cm³/mol. The maximum Gasteiger partial charge on any atom is 0.472 e. The summed E-state index contributed by atoms with van der Waals surface area (Å²) in [4.78, 5) is 35.9. The molecule has 0 aromatic heterocycles. The van der Waals surface area contributed by atoms with E-state index in [1.165, 1.54) is 218 Å². The van der Waals surface area contributed by atoms with Gasteiger partial charge < -0.3 is 18.9 Å². The lowest BCUT2D eigenvalue weighted by atomic mass is 10.0. The molecule has 10 heteroatoms. The minimum absolute atomic E-state index is 0.0270. The molecule has 0 fully saturated rings. The van der Waals surface area contributed by atoms with Crippen molar-refractivity contribution in [1.29, 1.82) is 0 Å². The third-order valence-electron chi connectivity index (χ3n) is 16.2. The molecule has 0 amide bonds.